The highest BCUT2D eigenvalue weighted by Gasteiger charge is 2.54. The number of anilines is 1. The van der Waals surface area contributed by atoms with Crippen LogP contribution in [-0.2, 0) is 0 Å². The van der Waals surface area contributed by atoms with Gasteiger partial charge in [0.05, 0.1) is 5.41 Å². The lowest BCUT2D eigenvalue weighted by molar-refractivity contribution is -0.209. The Balaban J connectivity index is 2.13. The number of hydrogen-bond acceptors (Lipinski definition) is 1. The van der Waals surface area contributed by atoms with E-state index in [1.165, 1.54) is 12.5 Å². The first-order chi connectivity index (χ1) is 8.73. The molecule has 1 aliphatic rings. The van der Waals surface area contributed by atoms with Gasteiger partial charge in [0.15, 0.2) is 0 Å². The number of rotatable bonds is 2. The van der Waals surface area contributed by atoms with Crippen LogP contribution in [0.4, 0.5) is 18.9 Å². The van der Waals surface area contributed by atoms with Gasteiger partial charge in [-0.25, -0.2) is 0 Å². The van der Waals surface area contributed by atoms with E-state index in [-0.39, 0.29) is 13.0 Å². The topological polar surface area (TPSA) is 3.24 Å². The van der Waals surface area contributed by atoms with Gasteiger partial charge in [0.25, 0.3) is 0 Å². The van der Waals surface area contributed by atoms with Gasteiger partial charge in [-0.15, -0.1) is 0 Å². The SMILES string of the molecule is CC(C)c1ccc(N2CC[C@](C)(C(F)(F)F)C2)cc1. The number of nitrogens with zero attached hydrogens (tertiary/aromatic N) is 1. The van der Waals surface area contributed by atoms with Crippen LogP contribution in [0.15, 0.2) is 24.3 Å². The normalized spacial score (nSPS) is 24.3. The molecule has 106 valence electrons. The Morgan fingerprint density at radius 3 is 2.16 bits per heavy atom. The fourth-order valence-electron chi connectivity index (χ4n) is 2.48. The minimum atomic E-state index is -4.13. The fourth-order valence-corrected chi connectivity index (χ4v) is 2.48. The first-order valence-corrected chi connectivity index (χ1v) is 6.64. The zero-order valence-electron chi connectivity index (χ0n) is 11.6. The molecule has 19 heavy (non-hydrogen) atoms. The van der Waals surface area contributed by atoms with Gasteiger partial charge in [-0.05, 0) is 37.0 Å². The molecule has 0 unspecified atom stereocenters. The van der Waals surface area contributed by atoms with Crippen LogP contribution in [0.5, 0.6) is 0 Å². The van der Waals surface area contributed by atoms with Crippen molar-refractivity contribution in [2.75, 3.05) is 18.0 Å². The van der Waals surface area contributed by atoms with Crippen molar-refractivity contribution < 1.29 is 13.2 Å². The maximum absolute atomic E-state index is 13.0. The van der Waals surface area contributed by atoms with E-state index in [0.717, 1.165) is 5.69 Å². The van der Waals surface area contributed by atoms with E-state index in [2.05, 4.69) is 13.8 Å². The molecular formula is C15H20F3N. The monoisotopic (exact) mass is 271 g/mol. The van der Waals surface area contributed by atoms with Gasteiger partial charge < -0.3 is 4.90 Å². The number of alkyl halides is 3. The van der Waals surface area contributed by atoms with Crippen LogP contribution < -0.4 is 4.90 Å². The van der Waals surface area contributed by atoms with Crippen LogP contribution in [0.25, 0.3) is 0 Å². The molecule has 0 radical (unpaired) electrons. The van der Waals surface area contributed by atoms with Crippen LogP contribution in [0.1, 0.15) is 38.7 Å². The highest BCUT2D eigenvalue weighted by molar-refractivity contribution is 5.49. The maximum Gasteiger partial charge on any atom is 0.395 e. The number of benzene rings is 1. The minimum Gasteiger partial charge on any atom is -0.371 e. The van der Waals surface area contributed by atoms with E-state index in [4.69, 9.17) is 0 Å². The Labute approximate surface area is 112 Å². The van der Waals surface area contributed by atoms with Gasteiger partial charge in [-0.3, -0.25) is 0 Å². The predicted octanol–water partition coefficient (Wildman–Crippen LogP) is 4.59. The van der Waals surface area contributed by atoms with Crippen LogP contribution in [-0.4, -0.2) is 19.3 Å². The van der Waals surface area contributed by atoms with Crippen molar-refractivity contribution in [3.8, 4) is 0 Å². The first kappa shape index (κ1) is 14.2. The van der Waals surface area contributed by atoms with Crippen molar-refractivity contribution in [1.82, 2.24) is 0 Å². The Hall–Kier alpha value is -1.19. The van der Waals surface area contributed by atoms with Crippen LogP contribution in [0.3, 0.4) is 0 Å². The second-order valence-electron chi connectivity index (χ2n) is 5.98. The van der Waals surface area contributed by atoms with E-state index in [0.29, 0.717) is 12.5 Å². The third-order valence-corrected chi connectivity index (χ3v) is 4.08. The largest absolute Gasteiger partial charge is 0.395 e. The Morgan fingerprint density at radius 2 is 1.74 bits per heavy atom. The number of halogens is 3. The number of hydrogen-bond donors (Lipinski definition) is 0. The molecule has 0 N–H and O–H groups in total. The van der Waals surface area contributed by atoms with Crippen molar-refractivity contribution in [3.63, 3.8) is 0 Å². The van der Waals surface area contributed by atoms with Gasteiger partial charge in [0, 0.05) is 18.8 Å². The van der Waals surface area contributed by atoms with Gasteiger partial charge in [-0.1, -0.05) is 26.0 Å². The second kappa shape index (κ2) is 4.73. The van der Waals surface area contributed by atoms with Gasteiger partial charge >= 0.3 is 6.18 Å². The Bertz CT molecular complexity index is 436. The van der Waals surface area contributed by atoms with Gasteiger partial charge in [0.1, 0.15) is 0 Å². The highest BCUT2D eigenvalue weighted by atomic mass is 19.4. The summed E-state index contributed by atoms with van der Waals surface area (Å²) in [7, 11) is 0. The molecule has 1 aromatic carbocycles. The maximum atomic E-state index is 13.0. The molecule has 1 saturated heterocycles. The summed E-state index contributed by atoms with van der Waals surface area (Å²) < 4.78 is 38.9. The Morgan fingerprint density at radius 1 is 1.16 bits per heavy atom. The average Bonchev–Trinajstić information content (AvgIpc) is 2.73. The summed E-state index contributed by atoms with van der Waals surface area (Å²) in [5, 5.41) is 0. The van der Waals surface area contributed by atoms with E-state index in [1.54, 1.807) is 0 Å². The molecule has 1 nitrogen and oxygen atoms in total. The minimum absolute atomic E-state index is 0.0531. The molecule has 0 aliphatic carbocycles. The molecule has 0 aromatic heterocycles. The summed E-state index contributed by atoms with van der Waals surface area (Å²) in [6.45, 7) is 6.04. The molecule has 1 fully saturated rings. The van der Waals surface area contributed by atoms with Crippen LogP contribution >= 0.6 is 0 Å². The van der Waals surface area contributed by atoms with Crippen molar-refractivity contribution >= 4 is 5.69 Å². The summed E-state index contributed by atoms with van der Waals surface area (Å²) in [6, 6.07) is 7.86. The van der Waals surface area contributed by atoms with Crippen LogP contribution in [0.2, 0.25) is 0 Å². The lowest BCUT2D eigenvalue weighted by atomic mass is 9.89. The van der Waals surface area contributed by atoms with Crippen LogP contribution in [0, 0.1) is 5.41 Å². The van der Waals surface area contributed by atoms with Crippen molar-refractivity contribution in [3.05, 3.63) is 29.8 Å². The third kappa shape index (κ3) is 2.72. The summed E-state index contributed by atoms with van der Waals surface area (Å²) in [6.07, 6.45) is -3.96. The highest BCUT2D eigenvalue weighted by Crippen LogP contribution is 2.45. The predicted molar refractivity (Wildman–Crippen MR) is 71.5 cm³/mol. The van der Waals surface area contributed by atoms with E-state index in [1.807, 2.05) is 29.2 Å². The first-order valence-electron chi connectivity index (χ1n) is 6.64. The molecule has 0 spiro atoms. The lowest BCUT2D eigenvalue weighted by Gasteiger charge is -2.28. The molecule has 0 bridgehead atoms. The fraction of sp³-hybridized carbons (Fsp3) is 0.600. The molecule has 0 amide bonds. The zero-order valence-corrected chi connectivity index (χ0v) is 11.6. The quantitative estimate of drug-likeness (QED) is 0.760. The molecule has 1 aromatic rings. The molecule has 2 rings (SSSR count). The molecule has 0 saturated carbocycles. The average molecular weight is 271 g/mol. The van der Waals surface area contributed by atoms with Gasteiger partial charge in [0.2, 0.25) is 0 Å². The lowest BCUT2D eigenvalue weighted by Crippen LogP contribution is -2.37. The zero-order chi connectivity index (χ0) is 14.3. The van der Waals surface area contributed by atoms with E-state index >= 15 is 0 Å². The Kier molecular flexibility index (Phi) is 3.54. The smallest absolute Gasteiger partial charge is 0.371 e. The summed E-state index contributed by atoms with van der Waals surface area (Å²) in [4.78, 5) is 1.83. The molecular weight excluding hydrogens is 251 g/mol. The molecule has 1 aliphatic heterocycles. The van der Waals surface area contributed by atoms with Crippen molar-refractivity contribution in [1.29, 1.82) is 0 Å². The van der Waals surface area contributed by atoms with Crippen molar-refractivity contribution in [2.24, 2.45) is 5.41 Å². The molecule has 1 heterocycles. The summed E-state index contributed by atoms with van der Waals surface area (Å²) in [5.41, 5.74) is 0.517. The van der Waals surface area contributed by atoms with E-state index in [9.17, 15) is 13.2 Å². The van der Waals surface area contributed by atoms with E-state index < -0.39 is 11.6 Å². The standard InChI is InChI=1S/C15H20F3N/c1-11(2)12-4-6-13(7-5-12)19-9-8-14(3,10-19)15(16,17)18/h4-7,11H,8-10H2,1-3H3/t14-/m0/s1. The summed E-state index contributed by atoms with van der Waals surface area (Å²) >= 11 is 0. The van der Waals surface area contributed by atoms with Gasteiger partial charge in [-0.2, -0.15) is 13.2 Å². The molecule has 1 atom stereocenters. The second-order valence-corrected chi connectivity index (χ2v) is 5.98. The van der Waals surface area contributed by atoms with Crippen molar-refractivity contribution in [2.45, 2.75) is 39.3 Å². The summed E-state index contributed by atoms with van der Waals surface area (Å²) in [5.74, 6) is 0.438. The third-order valence-electron chi connectivity index (χ3n) is 4.08. The molecule has 4 heteroatoms.